The zero-order valence-corrected chi connectivity index (χ0v) is 13.8. The molecular formula is C15H20N2O5S. The number of nitrogens with one attached hydrogen (secondary N) is 1. The van der Waals surface area contributed by atoms with Crippen LogP contribution in [0, 0.1) is 0 Å². The second-order valence-corrected chi connectivity index (χ2v) is 7.47. The number of hydrogen-bond donors (Lipinski definition) is 1. The molecule has 2 aliphatic heterocycles. The molecule has 1 amide bonds. The molecule has 2 heterocycles. The van der Waals surface area contributed by atoms with Crippen LogP contribution in [0.2, 0.25) is 0 Å². The summed E-state index contributed by atoms with van der Waals surface area (Å²) in [5, 5.41) is 0. The second-order valence-electron chi connectivity index (χ2n) is 5.75. The van der Waals surface area contributed by atoms with Gasteiger partial charge in [-0.25, -0.2) is 17.9 Å². The first-order valence-electron chi connectivity index (χ1n) is 7.54. The normalized spacial score (nSPS) is 21.1. The zero-order chi connectivity index (χ0) is 16.4. The molecule has 126 valence electrons. The first-order chi connectivity index (χ1) is 11.0. The minimum absolute atomic E-state index is 0.161. The number of ether oxygens (including phenoxy) is 2. The average molecular weight is 340 g/mol. The molecule has 8 heteroatoms. The molecule has 1 fully saturated rings. The second kappa shape index (κ2) is 6.46. The first-order valence-corrected chi connectivity index (χ1v) is 9.02. The van der Waals surface area contributed by atoms with E-state index in [4.69, 9.17) is 9.47 Å². The number of sulfonamides is 1. The number of hydrogen-bond acceptors (Lipinski definition) is 5. The lowest BCUT2D eigenvalue weighted by Crippen LogP contribution is -2.37. The smallest absolute Gasteiger partial charge is 0.409 e. The summed E-state index contributed by atoms with van der Waals surface area (Å²) in [6, 6.07) is 4.88. The summed E-state index contributed by atoms with van der Waals surface area (Å²) in [7, 11) is -2.19. The van der Waals surface area contributed by atoms with Crippen molar-refractivity contribution in [1.29, 1.82) is 0 Å². The number of methoxy groups -OCH3 is 1. The molecule has 1 aromatic rings. The third kappa shape index (κ3) is 3.49. The number of fused-ring (bicyclic) bond motifs is 1. The third-order valence-corrected chi connectivity index (χ3v) is 5.70. The molecule has 7 nitrogen and oxygen atoms in total. The Balaban J connectivity index is 1.77. The van der Waals surface area contributed by atoms with Crippen molar-refractivity contribution in [1.82, 2.24) is 9.62 Å². The van der Waals surface area contributed by atoms with Crippen molar-refractivity contribution in [2.45, 2.75) is 30.3 Å². The van der Waals surface area contributed by atoms with Crippen molar-refractivity contribution >= 4 is 16.1 Å². The van der Waals surface area contributed by atoms with Crippen molar-refractivity contribution in [3.8, 4) is 0 Å². The van der Waals surface area contributed by atoms with Crippen LogP contribution in [0.5, 0.6) is 0 Å². The fourth-order valence-electron chi connectivity index (χ4n) is 2.90. The maximum atomic E-state index is 12.4. The van der Waals surface area contributed by atoms with Gasteiger partial charge in [0.05, 0.1) is 18.6 Å². The van der Waals surface area contributed by atoms with Crippen LogP contribution in [0.4, 0.5) is 4.79 Å². The van der Waals surface area contributed by atoms with Gasteiger partial charge in [0.15, 0.2) is 0 Å². The zero-order valence-electron chi connectivity index (χ0n) is 12.9. The first kappa shape index (κ1) is 16.2. The van der Waals surface area contributed by atoms with Gasteiger partial charge in [-0.15, -0.1) is 0 Å². The summed E-state index contributed by atoms with van der Waals surface area (Å²) in [6.45, 7) is 1.96. The van der Waals surface area contributed by atoms with E-state index >= 15 is 0 Å². The molecule has 1 saturated heterocycles. The van der Waals surface area contributed by atoms with E-state index in [1.807, 2.05) is 0 Å². The highest BCUT2D eigenvalue weighted by Crippen LogP contribution is 2.23. The molecule has 1 N–H and O–H groups in total. The molecule has 0 bridgehead atoms. The predicted octanol–water partition coefficient (Wildman–Crippen LogP) is 0.878. The van der Waals surface area contributed by atoms with Crippen molar-refractivity contribution in [2.75, 3.05) is 26.9 Å². The number of carbonyl (C=O) groups is 1. The number of amides is 1. The topological polar surface area (TPSA) is 84.9 Å². The van der Waals surface area contributed by atoms with E-state index in [1.165, 1.54) is 7.11 Å². The largest absolute Gasteiger partial charge is 0.453 e. The molecule has 1 atom stereocenters. The Kier molecular flexibility index (Phi) is 4.56. The van der Waals surface area contributed by atoms with Crippen LogP contribution in [0.25, 0.3) is 0 Å². The monoisotopic (exact) mass is 340 g/mol. The minimum Gasteiger partial charge on any atom is -0.453 e. The number of carbonyl (C=O) groups excluding carboxylic acids is 1. The molecule has 1 aromatic carbocycles. The summed E-state index contributed by atoms with van der Waals surface area (Å²) in [5.41, 5.74) is 1.90. The molecule has 23 heavy (non-hydrogen) atoms. The quantitative estimate of drug-likeness (QED) is 0.883. The molecule has 0 spiro atoms. The third-order valence-electron chi connectivity index (χ3n) is 4.18. The van der Waals surface area contributed by atoms with Gasteiger partial charge >= 0.3 is 6.09 Å². The fraction of sp³-hybridized carbons (Fsp3) is 0.533. The van der Waals surface area contributed by atoms with Crippen LogP contribution in [0.1, 0.15) is 17.5 Å². The molecule has 0 saturated carbocycles. The summed E-state index contributed by atoms with van der Waals surface area (Å²) in [6.07, 6.45) is 0.939. The standard InChI is InChI=1S/C15H20N2O5S/c1-21-15(18)17-6-4-11-8-14(3-2-12(11)9-17)23(19,20)16-13-5-7-22-10-13/h2-3,8,13,16H,4-7,9-10H2,1H3/t13-/m0/s1. The van der Waals surface area contributed by atoms with E-state index in [1.54, 1.807) is 23.1 Å². The van der Waals surface area contributed by atoms with Gasteiger partial charge in [0.1, 0.15) is 0 Å². The Hall–Kier alpha value is -1.64. The van der Waals surface area contributed by atoms with Crippen LogP contribution < -0.4 is 4.72 Å². The summed E-state index contributed by atoms with van der Waals surface area (Å²) >= 11 is 0. The van der Waals surface area contributed by atoms with Crippen LogP contribution in [0.3, 0.4) is 0 Å². The van der Waals surface area contributed by atoms with E-state index in [-0.39, 0.29) is 17.0 Å². The predicted molar refractivity (Wildman–Crippen MR) is 82.5 cm³/mol. The highest BCUT2D eigenvalue weighted by atomic mass is 32.2. The number of benzene rings is 1. The van der Waals surface area contributed by atoms with Crippen molar-refractivity contribution in [3.05, 3.63) is 29.3 Å². The van der Waals surface area contributed by atoms with Gasteiger partial charge < -0.3 is 14.4 Å². The number of nitrogens with zero attached hydrogens (tertiary/aromatic N) is 1. The van der Waals surface area contributed by atoms with Crippen molar-refractivity contribution in [3.63, 3.8) is 0 Å². The van der Waals surface area contributed by atoms with Crippen LogP contribution in [-0.4, -0.2) is 52.3 Å². The van der Waals surface area contributed by atoms with Crippen molar-refractivity contribution < 1.29 is 22.7 Å². The van der Waals surface area contributed by atoms with Gasteiger partial charge in [-0.3, -0.25) is 0 Å². The molecule has 0 aliphatic carbocycles. The molecular weight excluding hydrogens is 320 g/mol. The van der Waals surface area contributed by atoms with Crippen LogP contribution >= 0.6 is 0 Å². The Labute approximate surface area is 135 Å². The van der Waals surface area contributed by atoms with Gasteiger partial charge in [-0.1, -0.05) is 6.07 Å². The lowest BCUT2D eigenvalue weighted by Gasteiger charge is -2.28. The maximum Gasteiger partial charge on any atom is 0.409 e. The van der Waals surface area contributed by atoms with E-state index in [9.17, 15) is 13.2 Å². The van der Waals surface area contributed by atoms with E-state index in [2.05, 4.69) is 4.72 Å². The molecule has 2 aliphatic rings. The molecule has 0 unspecified atom stereocenters. The highest BCUT2D eigenvalue weighted by molar-refractivity contribution is 7.89. The Morgan fingerprint density at radius 2 is 2.22 bits per heavy atom. The highest BCUT2D eigenvalue weighted by Gasteiger charge is 2.26. The van der Waals surface area contributed by atoms with Crippen LogP contribution in [-0.2, 0) is 32.5 Å². The van der Waals surface area contributed by atoms with E-state index in [0.717, 1.165) is 11.1 Å². The van der Waals surface area contributed by atoms with Gasteiger partial charge in [0.2, 0.25) is 10.0 Å². The van der Waals surface area contributed by atoms with E-state index in [0.29, 0.717) is 39.1 Å². The van der Waals surface area contributed by atoms with Gasteiger partial charge in [0.25, 0.3) is 0 Å². The average Bonchev–Trinajstić information content (AvgIpc) is 3.05. The minimum atomic E-state index is -3.55. The molecule has 0 radical (unpaired) electrons. The fourth-order valence-corrected chi connectivity index (χ4v) is 4.20. The Morgan fingerprint density at radius 3 is 2.91 bits per heavy atom. The summed E-state index contributed by atoms with van der Waals surface area (Å²) < 4.78 is 37.5. The lowest BCUT2D eigenvalue weighted by atomic mass is 10.0. The summed E-state index contributed by atoms with van der Waals surface area (Å²) in [4.78, 5) is 13.4. The van der Waals surface area contributed by atoms with Gasteiger partial charge in [0, 0.05) is 25.7 Å². The SMILES string of the molecule is COC(=O)N1CCc2cc(S(=O)(=O)N[C@H]3CCOC3)ccc2C1. The van der Waals surface area contributed by atoms with Crippen molar-refractivity contribution in [2.24, 2.45) is 0 Å². The van der Waals surface area contributed by atoms with Crippen LogP contribution in [0.15, 0.2) is 23.1 Å². The number of rotatable bonds is 3. The van der Waals surface area contributed by atoms with E-state index < -0.39 is 10.0 Å². The lowest BCUT2D eigenvalue weighted by molar-refractivity contribution is 0.118. The van der Waals surface area contributed by atoms with Gasteiger partial charge in [-0.05, 0) is 36.1 Å². The molecule has 0 aromatic heterocycles. The maximum absolute atomic E-state index is 12.4. The summed E-state index contributed by atoms with van der Waals surface area (Å²) in [5.74, 6) is 0. The Morgan fingerprint density at radius 1 is 1.39 bits per heavy atom. The molecule has 3 rings (SSSR count). The van der Waals surface area contributed by atoms with Gasteiger partial charge in [-0.2, -0.15) is 0 Å². The Bertz CT molecular complexity index is 698.